The topological polar surface area (TPSA) is 26.3 Å². The molecule has 0 radical (unpaired) electrons. The summed E-state index contributed by atoms with van der Waals surface area (Å²) in [5, 5.41) is 0. The lowest BCUT2D eigenvalue weighted by Crippen LogP contribution is -2.16. The van der Waals surface area contributed by atoms with Gasteiger partial charge in [-0.3, -0.25) is 4.79 Å². The average Bonchev–Trinajstić information content (AvgIpc) is 2.78. The summed E-state index contributed by atoms with van der Waals surface area (Å²) in [6, 6.07) is 5.93. The van der Waals surface area contributed by atoms with E-state index in [2.05, 4.69) is 0 Å². The normalized spacial score (nSPS) is 16.4. The standard InChI is InChI=1S/C15H20O2/c1-11-7-8-14(12(2)9-11)15(16)10-17-13-5-3-4-6-13/h7-9,13H,3-6,10H2,1-2H3. The van der Waals surface area contributed by atoms with E-state index in [1.807, 2.05) is 32.0 Å². The van der Waals surface area contributed by atoms with E-state index in [9.17, 15) is 4.79 Å². The molecule has 1 saturated carbocycles. The molecule has 0 spiro atoms. The van der Waals surface area contributed by atoms with Crippen LogP contribution in [0.3, 0.4) is 0 Å². The molecule has 17 heavy (non-hydrogen) atoms. The molecule has 2 rings (SSSR count). The second kappa shape index (κ2) is 5.46. The molecule has 0 aromatic heterocycles. The monoisotopic (exact) mass is 232 g/mol. The lowest BCUT2D eigenvalue weighted by molar-refractivity contribution is 0.0482. The Morgan fingerprint density at radius 1 is 1.29 bits per heavy atom. The second-order valence-electron chi connectivity index (χ2n) is 4.96. The Balaban J connectivity index is 1.94. The van der Waals surface area contributed by atoms with Gasteiger partial charge in [0.25, 0.3) is 0 Å². The van der Waals surface area contributed by atoms with Crippen LogP contribution in [0, 0.1) is 13.8 Å². The minimum absolute atomic E-state index is 0.106. The molecule has 0 unspecified atom stereocenters. The van der Waals surface area contributed by atoms with Crippen molar-refractivity contribution in [2.75, 3.05) is 6.61 Å². The first-order valence-corrected chi connectivity index (χ1v) is 6.39. The molecular formula is C15H20O2. The third kappa shape index (κ3) is 3.16. The summed E-state index contributed by atoms with van der Waals surface area (Å²) in [5.74, 6) is 0.106. The summed E-state index contributed by atoms with van der Waals surface area (Å²) in [6.07, 6.45) is 5.01. The Kier molecular flexibility index (Phi) is 3.95. The van der Waals surface area contributed by atoms with Crippen molar-refractivity contribution in [1.82, 2.24) is 0 Å². The smallest absolute Gasteiger partial charge is 0.188 e. The average molecular weight is 232 g/mol. The quantitative estimate of drug-likeness (QED) is 0.743. The van der Waals surface area contributed by atoms with E-state index in [1.54, 1.807) is 0 Å². The van der Waals surface area contributed by atoms with E-state index in [0.717, 1.165) is 24.0 Å². The molecule has 0 saturated heterocycles. The summed E-state index contributed by atoms with van der Waals surface area (Å²) < 4.78 is 5.65. The predicted octanol–water partition coefficient (Wildman–Crippen LogP) is 3.45. The molecule has 1 fully saturated rings. The molecule has 1 aliphatic carbocycles. The molecule has 1 aromatic carbocycles. The molecule has 2 heteroatoms. The molecule has 0 atom stereocenters. The molecule has 0 heterocycles. The van der Waals surface area contributed by atoms with E-state index in [4.69, 9.17) is 4.74 Å². The van der Waals surface area contributed by atoms with Gasteiger partial charge in [-0.2, -0.15) is 0 Å². The Hall–Kier alpha value is -1.15. The maximum Gasteiger partial charge on any atom is 0.188 e. The van der Waals surface area contributed by atoms with Crippen molar-refractivity contribution in [2.45, 2.75) is 45.6 Å². The minimum Gasteiger partial charge on any atom is -0.370 e. The maximum absolute atomic E-state index is 12.0. The van der Waals surface area contributed by atoms with Gasteiger partial charge >= 0.3 is 0 Å². The SMILES string of the molecule is Cc1ccc(C(=O)COC2CCCC2)c(C)c1. The van der Waals surface area contributed by atoms with Crippen molar-refractivity contribution in [2.24, 2.45) is 0 Å². The van der Waals surface area contributed by atoms with Crippen LogP contribution in [-0.4, -0.2) is 18.5 Å². The summed E-state index contributed by atoms with van der Waals surface area (Å²) in [7, 11) is 0. The molecule has 2 nitrogen and oxygen atoms in total. The Bertz CT molecular complexity index is 403. The molecule has 1 aliphatic rings. The van der Waals surface area contributed by atoms with E-state index in [0.29, 0.717) is 6.10 Å². The van der Waals surface area contributed by atoms with Crippen molar-refractivity contribution < 1.29 is 9.53 Å². The first kappa shape index (κ1) is 12.3. The van der Waals surface area contributed by atoms with Crippen LogP contribution in [0.4, 0.5) is 0 Å². The zero-order valence-electron chi connectivity index (χ0n) is 10.7. The molecule has 0 bridgehead atoms. The highest BCUT2D eigenvalue weighted by Gasteiger charge is 2.17. The number of Topliss-reactive ketones (excluding diaryl/α,β-unsaturated/α-hetero) is 1. The lowest BCUT2D eigenvalue weighted by atomic mass is 10.0. The summed E-state index contributed by atoms with van der Waals surface area (Å²) in [5.41, 5.74) is 3.04. The summed E-state index contributed by atoms with van der Waals surface area (Å²) >= 11 is 0. The molecule has 0 aliphatic heterocycles. The molecular weight excluding hydrogens is 212 g/mol. The summed E-state index contributed by atoms with van der Waals surface area (Å²) in [6.45, 7) is 4.25. The highest BCUT2D eigenvalue weighted by molar-refractivity contribution is 5.98. The van der Waals surface area contributed by atoms with E-state index >= 15 is 0 Å². The van der Waals surface area contributed by atoms with Crippen molar-refractivity contribution in [3.8, 4) is 0 Å². The predicted molar refractivity (Wildman–Crippen MR) is 68.5 cm³/mol. The Labute approximate surface area is 103 Å². The van der Waals surface area contributed by atoms with Gasteiger partial charge in [0.2, 0.25) is 0 Å². The zero-order valence-corrected chi connectivity index (χ0v) is 10.7. The minimum atomic E-state index is 0.106. The van der Waals surface area contributed by atoms with E-state index < -0.39 is 0 Å². The van der Waals surface area contributed by atoms with E-state index in [1.165, 1.54) is 18.4 Å². The third-order valence-corrected chi connectivity index (χ3v) is 3.43. The van der Waals surface area contributed by atoms with Gasteiger partial charge in [-0.1, -0.05) is 36.6 Å². The largest absolute Gasteiger partial charge is 0.370 e. The molecule has 0 N–H and O–H groups in total. The van der Waals surface area contributed by atoms with Gasteiger partial charge in [-0.25, -0.2) is 0 Å². The number of hydrogen-bond acceptors (Lipinski definition) is 2. The number of carbonyl (C=O) groups excluding carboxylic acids is 1. The van der Waals surface area contributed by atoms with Crippen LogP contribution in [0.1, 0.15) is 47.2 Å². The van der Waals surface area contributed by atoms with Crippen LogP contribution < -0.4 is 0 Å². The highest BCUT2D eigenvalue weighted by Crippen LogP contribution is 2.21. The molecule has 1 aromatic rings. The second-order valence-corrected chi connectivity index (χ2v) is 4.96. The number of rotatable bonds is 4. The fourth-order valence-corrected chi connectivity index (χ4v) is 2.45. The van der Waals surface area contributed by atoms with Gasteiger partial charge in [0.15, 0.2) is 5.78 Å². The number of aryl methyl sites for hydroxylation is 2. The van der Waals surface area contributed by atoms with Crippen LogP contribution in [-0.2, 0) is 4.74 Å². The van der Waals surface area contributed by atoms with Crippen LogP contribution in [0.5, 0.6) is 0 Å². The van der Waals surface area contributed by atoms with Crippen molar-refractivity contribution in [3.63, 3.8) is 0 Å². The van der Waals surface area contributed by atoms with Gasteiger partial charge in [-0.05, 0) is 32.3 Å². The van der Waals surface area contributed by atoms with Gasteiger partial charge in [0.05, 0.1) is 6.10 Å². The van der Waals surface area contributed by atoms with Gasteiger partial charge in [0, 0.05) is 5.56 Å². The number of ketones is 1. The van der Waals surface area contributed by atoms with Crippen LogP contribution in [0.25, 0.3) is 0 Å². The zero-order chi connectivity index (χ0) is 12.3. The van der Waals surface area contributed by atoms with Crippen molar-refractivity contribution in [1.29, 1.82) is 0 Å². The third-order valence-electron chi connectivity index (χ3n) is 3.43. The first-order valence-electron chi connectivity index (χ1n) is 6.39. The van der Waals surface area contributed by atoms with Crippen LogP contribution in [0.15, 0.2) is 18.2 Å². The van der Waals surface area contributed by atoms with Gasteiger partial charge < -0.3 is 4.74 Å². The van der Waals surface area contributed by atoms with Crippen LogP contribution >= 0.6 is 0 Å². The highest BCUT2D eigenvalue weighted by atomic mass is 16.5. The maximum atomic E-state index is 12.0. The first-order chi connectivity index (χ1) is 8.16. The molecule has 0 amide bonds. The van der Waals surface area contributed by atoms with E-state index in [-0.39, 0.29) is 12.4 Å². The van der Waals surface area contributed by atoms with Gasteiger partial charge in [0.1, 0.15) is 6.61 Å². The Morgan fingerprint density at radius 3 is 2.65 bits per heavy atom. The molecule has 92 valence electrons. The lowest BCUT2D eigenvalue weighted by Gasteiger charge is -2.11. The number of benzene rings is 1. The Morgan fingerprint density at radius 2 is 2.00 bits per heavy atom. The fraction of sp³-hybridized carbons (Fsp3) is 0.533. The van der Waals surface area contributed by atoms with Gasteiger partial charge in [-0.15, -0.1) is 0 Å². The van der Waals surface area contributed by atoms with Crippen LogP contribution in [0.2, 0.25) is 0 Å². The van der Waals surface area contributed by atoms with Crippen molar-refractivity contribution in [3.05, 3.63) is 34.9 Å². The number of ether oxygens (including phenoxy) is 1. The number of carbonyl (C=O) groups is 1. The van der Waals surface area contributed by atoms with Crippen molar-refractivity contribution >= 4 is 5.78 Å². The fourth-order valence-electron chi connectivity index (χ4n) is 2.45. The summed E-state index contributed by atoms with van der Waals surface area (Å²) in [4.78, 5) is 12.0. The number of hydrogen-bond donors (Lipinski definition) is 0.